The van der Waals surface area contributed by atoms with E-state index >= 15 is 0 Å². The summed E-state index contributed by atoms with van der Waals surface area (Å²) in [7, 11) is 1.60. The van der Waals surface area contributed by atoms with Crippen LogP contribution in [0, 0.1) is 11.3 Å². The van der Waals surface area contributed by atoms with Gasteiger partial charge >= 0.3 is 0 Å². The highest BCUT2D eigenvalue weighted by atomic mass is 16.5. The zero-order valence-electron chi connectivity index (χ0n) is 14.6. The van der Waals surface area contributed by atoms with Crippen LogP contribution in [0.15, 0.2) is 24.4 Å². The molecule has 2 N–H and O–H groups in total. The molecule has 0 fully saturated rings. The third kappa shape index (κ3) is 3.58. The number of rotatable bonds is 6. The number of ether oxygens (including phenoxy) is 2. The summed E-state index contributed by atoms with van der Waals surface area (Å²) in [6.07, 6.45) is 2.21. The summed E-state index contributed by atoms with van der Waals surface area (Å²) in [5, 5.41) is 21.0. The lowest BCUT2D eigenvalue weighted by Crippen LogP contribution is -2.21. The third-order valence-corrected chi connectivity index (χ3v) is 4.09. The number of hydrogen-bond donors (Lipinski definition) is 2. The summed E-state index contributed by atoms with van der Waals surface area (Å²) in [6, 6.07) is 7.90. The van der Waals surface area contributed by atoms with Gasteiger partial charge < -0.3 is 19.6 Å². The van der Waals surface area contributed by atoms with Crippen LogP contribution in [0.4, 0.5) is 0 Å². The molecule has 0 radical (unpaired) electrons. The molecule has 3 rings (SSSR count). The van der Waals surface area contributed by atoms with Crippen molar-refractivity contribution < 1.29 is 14.6 Å². The molecule has 0 bridgehead atoms. The second-order valence-electron chi connectivity index (χ2n) is 6.66. The minimum Gasteiger partial charge on any atom is -0.493 e. The van der Waals surface area contributed by atoms with Gasteiger partial charge in [0.15, 0.2) is 0 Å². The molecule has 0 aliphatic heterocycles. The summed E-state index contributed by atoms with van der Waals surface area (Å²) in [4.78, 5) is 7.52. The first-order valence-corrected chi connectivity index (χ1v) is 8.10. The molecule has 6 nitrogen and oxygen atoms in total. The van der Waals surface area contributed by atoms with Crippen molar-refractivity contribution in [3.8, 4) is 11.8 Å². The van der Waals surface area contributed by atoms with Gasteiger partial charge in [-0.3, -0.25) is 0 Å². The lowest BCUT2D eigenvalue weighted by Gasteiger charge is -2.17. The lowest BCUT2D eigenvalue weighted by molar-refractivity contribution is 0.0553. The van der Waals surface area contributed by atoms with Crippen LogP contribution < -0.4 is 4.74 Å². The Labute approximate surface area is 146 Å². The Balaban J connectivity index is 2.05. The van der Waals surface area contributed by atoms with Crippen LogP contribution in [-0.2, 0) is 11.3 Å². The molecule has 0 unspecified atom stereocenters. The van der Waals surface area contributed by atoms with E-state index in [9.17, 15) is 10.4 Å². The molecule has 25 heavy (non-hydrogen) atoms. The summed E-state index contributed by atoms with van der Waals surface area (Å²) in [6.45, 7) is 4.25. The zero-order valence-corrected chi connectivity index (χ0v) is 14.6. The van der Waals surface area contributed by atoms with Gasteiger partial charge in [0.2, 0.25) is 0 Å². The number of H-pyrrole nitrogens is 1. The minimum atomic E-state index is -0.760. The van der Waals surface area contributed by atoms with Crippen LogP contribution in [0.5, 0.6) is 5.75 Å². The fraction of sp³-hybridized carbons (Fsp3) is 0.368. The molecular formula is C19H21N3O3. The summed E-state index contributed by atoms with van der Waals surface area (Å²) in [5.41, 5.74) is 2.17. The van der Waals surface area contributed by atoms with Crippen molar-refractivity contribution in [2.24, 2.45) is 0 Å². The number of methoxy groups -OCH3 is 1. The van der Waals surface area contributed by atoms with Gasteiger partial charge in [0.25, 0.3) is 0 Å². The standard InChI is InChI=1S/C19H21N3O3/c1-19(2,23)6-7-25-12-4-5-15-13(8-12)18-14(11-24-3)16(9-20)21-10-17(18)22-15/h4-5,8,10,22-23H,6-7,11H2,1-3H3. The first-order valence-electron chi connectivity index (χ1n) is 8.10. The molecule has 3 aromatic rings. The van der Waals surface area contributed by atoms with Crippen LogP contribution in [0.1, 0.15) is 31.5 Å². The number of nitrogens with one attached hydrogen (secondary N) is 1. The number of hydrogen-bond acceptors (Lipinski definition) is 5. The molecule has 2 heterocycles. The Morgan fingerprint density at radius 2 is 2.12 bits per heavy atom. The number of pyridine rings is 1. The quantitative estimate of drug-likeness (QED) is 0.719. The smallest absolute Gasteiger partial charge is 0.146 e. The van der Waals surface area contributed by atoms with Crippen molar-refractivity contribution in [1.29, 1.82) is 5.26 Å². The molecule has 0 amide bonds. The maximum Gasteiger partial charge on any atom is 0.146 e. The monoisotopic (exact) mass is 339 g/mol. The number of aromatic amines is 1. The third-order valence-electron chi connectivity index (χ3n) is 4.09. The van der Waals surface area contributed by atoms with E-state index in [2.05, 4.69) is 16.0 Å². The van der Waals surface area contributed by atoms with E-state index in [0.29, 0.717) is 25.3 Å². The van der Waals surface area contributed by atoms with E-state index in [0.717, 1.165) is 33.1 Å². The average molecular weight is 339 g/mol. The van der Waals surface area contributed by atoms with Gasteiger partial charge in [0.05, 0.1) is 30.5 Å². The van der Waals surface area contributed by atoms with E-state index < -0.39 is 5.60 Å². The van der Waals surface area contributed by atoms with Crippen LogP contribution in [0.2, 0.25) is 0 Å². The van der Waals surface area contributed by atoms with Crippen molar-refractivity contribution in [2.45, 2.75) is 32.5 Å². The molecule has 0 atom stereocenters. The van der Waals surface area contributed by atoms with Crippen molar-refractivity contribution in [3.63, 3.8) is 0 Å². The maximum absolute atomic E-state index is 9.79. The topological polar surface area (TPSA) is 91.2 Å². The molecule has 130 valence electrons. The van der Waals surface area contributed by atoms with Gasteiger partial charge in [-0.15, -0.1) is 0 Å². The van der Waals surface area contributed by atoms with E-state index in [1.807, 2.05) is 18.2 Å². The number of nitriles is 1. The Morgan fingerprint density at radius 1 is 1.32 bits per heavy atom. The number of aromatic nitrogens is 2. The Bertz CT molecular complexity index is 948. The number of fused-ring (bicyclic) bond motifs is 3. The van der Waals surface area contributed by atoms with E-state index in [4.69, 9.17) is 9.47 Å². The predicted molar refractivity (Wildman–Crippen MR) is 95.4 cm³/mol. The van der Waals surface area contributed by atoms with Crippen molar-refractivity contribution in [2.75, 3.05) is 13.7 Å². The van der Waals surface area contributed by atoms with E-state index in [-0.39, 0.29) is 0 Å². The summed E-state index contributed by atoms with van der Waals surface area (Å²) in [5.74, 6) is 0.719. The molecule has 0 saturated heterocycles. The van der Waals surface area contributed by atoms with Gasteiger partial charge in [-0.25, -0.2) is 4.98 Å². The lowest BCUT2D eigenvalue weighted by atomic mass is 10.1. The first-order chi connectivity index (χ1) is 11.9. The molecule has 1 aromatic carbocycles. The average Bonchev–Trinajstić information content (AvgIpc) is 2.92. The van der Waals surface area contributed by atoms with Gasteiger partial charge in [-0.1, -0.05) is 0 Å². The summed E-state index contributed by atoms with van der Waals surface area (Å²) < 4.78 is 11.0. The Morgan fingerprint density at radius 3 is 2.80 bits per heavy atom. The minimum absolute atomic E-state index is 0.309. The normalized spacial score (nSPS) is 11.8. The van der Waals surface area contributed by atoms with Crippen LogP contribution in [0.3, 0.4) is 0 Å². The van der Waals surface area contributed by atoms with E-state index in [1.165, 1.54) is 0 Å². The highest BCUT2D eigenvalue weighted by molar-refractivity contribution is 6.09. The molecule has 2 aromatic heterocycles. The fourth-order valence-electron chi connectivity index (χ4n) is 2.83. The van der Waals surface area contributed by atoms with Crippen molar-refractivity contribution in [1.82, 2.24) is 9.97 Å². The number of benzene rings is 1. The molecule has 0 saturated carbocycles. The molecule has 6 heteroatoms. The molecule has 0 spiro atoms. The van der Waals surface area contributed by atoms with Gasteiger partial charge in [-0.05, 0) is 32.0 Å². The molecular weight excluding hydrogens is 318 g/mol. The molecule has 0 aliphatic carbocycles. The zero-order chi connectivity index (χ0) is 18.0. The highest BCUT2D eigenvalue weighted by Crippen LogP contribution is 2.32. The van der Waals surface area contributed by atoms with Crippen LogP contribution in [-0.4, -0.2) is 34.4 Å². The highest BCUT2D eigenvalue weighted by Gasteiger charge is 2.16. The summed E-state index contributed by atoms with van der Waals surface area (Å²) >= 11 is 0. The number of aliphatic hydroxyl groups is 1. The van der Waals surface area contributed by atoms with Gasteiger partial charge in [0.1, 0.15) is 17.5 Å². The van der Waals surface area contributed by atoms with Crippen molar-refractivity contribution in [3.05, 3.63) is 35.7 Å². The number of nitrogens with zero attached hydrogens (tertiary/aromatic N) is 2. The maximum atomic E-state index is 9.79. The largest absolute Gasteiger partial charge is 0.493 e. The SMILES string of the molecule is COCc1c(C#N)ncc2[nH]c3ccc(OCCC(C)(C)O)cc3c12. The van der Waals surface area contributed by atoms with Crippen LogP contribution >= 0.6 is 0 Å². The van der Waals surface area contributed by atoms with Gasteiger partial charge in [-0.2, -0.15) is 5.26 Å². The van der Waals surface area contributed by atoms with Crippen molar-refractivity contribution >= 4 is 21.8 Å². The fourth-order valence-corrected chi connectivity index (χ4v) is 2.83. The Kier molecular flexibility index (Phi) is 4.62. The second kappa shape index (κ2) is 6.71. The van der Waals surface area contributed by atoms with Gasteiger partial charge in [0, 0.05) is 35.4 Å². The second-order valence-corrected chi connectivity index (χ2v) is 6.66. The predicted octanol–water partition coefficient (Wildman–Crippen LogP) is 3.27. The molecule has 0 aliphatic rings. The van der Waals surface area contributed by atoms with E-state index in [1.54, 1.807) is 27.2 Å². The Hall–Kier alpha value is -2.62. The first kappa shape index (κ1) is 17.2. The van der Waals surface area contributed by atoms with Crippen LogP contribution in [0.25, 0.3) is 21.8 Å².